The van der Waals surface area contributed by atoms with Gasteiger partial charge >= 0.3 is 0 Å². The van der Waals surface area contributed by atoms with E-state index in [4.69, 9.17) is 4.74 Å². The summed E-state index contributed by atoms with van der Waals surface area (Å²) >= 11 is 0. The quantitative estimate of drug-likeness (QED) is 0.101. The zero-order chi connectivity index (χ0) is 47.0. The van der Waals surface area contributed by atoms with Crippen molar-refractivity contribution in [1.29, 1.82) is 0 Å². The maximum atomic E-state index is 5.97. The van der Waals surface area contributed by atoms with E-state index in [1.807, 2.05) is 0 Å². The number of ether oxygens (including phenoxy) is 1. The van der Waals surface area contributed by atoms with E-state index in [2.05, 4.69) is 286 Å². The molecule has 0 atom stereocenters. The molecule has 0 unspecified atom stereocenters. The smallest absolute Gasteiger partial charge is 0.143 e. The Labute approximate surface area is 403 Å². The van der Waals surface area contributed by atoms with E-state index in [0.29, 0.717) is 0 Å². The molecular weight excluding hydrogens is 827 g/mol. The molecule has 0 heterocycles. The van der Waals surface area contributed by atoms with E-state index in [-0.39, 0.29) is 0 Å². The number of methoxy groups -OCH3 is 1. The van der Waals surface area contributed by atoms with Crippen LogP contribution in [0.25, 0.3) is 24.3 Å². The van der Waals surface area contributed by atoms with Gasteiger partial charge in [-0.3, -0.25) is 0 Å². The largest absolute Gasteiger partial charge is 0.495 e. The van der Waals surface area contributed by atoms with Crippen molar-refractivity contribution in [2.45, 2.75) is 34.6 Å². The number of aryl methyl sites for hydroxylation is 5. The lowest BCUT2D eigenvalue weighted by Crippen LogP contribution is -2.11. The molecule has 0 bridgehead atoms. The fraction of sp³-hybridized carbons (Fsp3) is 0.0938. The Kier molecular flexibility index (Phi) is 13.5. The van der Waals surface area contributed by atoms with Crippen molar-refractivity contribution in [3.8, 4) is 5.75 Å². The van der Waals surface area contributed by atoms with Gasteiger partial charge in [-0.2, -0.15) is 0 Å². The van der Waals surface area contributed by atoms with E-state index in [1.165, 1.54) is 22.3 Å². The second-order valence-corrected chi connectivity index (χ2v) is 17.6. The topological polar surface area (TPSA) is 19.0 Å². The number of anilines is 9. The molecule has 0 aliphatic carbocycles. The van der Waals surface area contributed by atoms with Crippen LogP contribution in [-0.2, 0) is 0 Å². The lowest BCUT2D eigenvalue weighted by atomic mass is 10.1. The van der Waals surface area contributed by atoms with Gasteiger partial charge in [-0.1, -0.05) is 150 Å². The SMILES string of the molecule is COc1cc(C)ccc1N(c1ccc(/C=C\c2ccc(N(c3ccc(C)cc3)c3ccc(C)cc3)cc2)cc1)c1ccc(/C=C\c2ccc(N(c3ccc(C)cc3)c3ccc(C)cc3)cc2)cc1. The van der Waals surface area contributed by atoms with Crippen molar-refractivity contribution in [2.24, 2.45) is 0 Å². The molecule has 0 amide bonds. The summed E-state index contributed by atoms with van der Waals surface area (Å²) < 4.78 is 5.97. The Bertz CT molecular complexity index is 2850. The molecule has 0 spiro atoms. The third-order valence-electron chi connectivity index (χ3n) is 12.3. The highest BCUT2D eigenvalue weighted by atomic mass is 16.5. The van der Waals surface area contributed by atoms with Crippen LogP contribution in [0.1, 0.15) is 50.1 Å². The van der Waals surface area contributed by atoms with Gasteiger partial charge in [0, 0.05) is 45.5 Å². The van der Waals surface area contributed by atoms with Crippen molar-refractivity contribution in [3.05, 3.63) is 262 Å². The summed E-state index contributed by atoms with van der Waals surface area (Å²) in [7, 11) is 1.74. The maximum Gasteiger partial charge on any atom is 0.143 e. The zero-order valence-electron chi connectivity index (χ0n) is 39.8. The van der Waals surface area contributed by atoms with Crippen LogP contribution in [0.2, 0.25) is 0 Å². The average Bonchev–Trinajstić information content (AvgIpc) is 3.37. The van der Waals surface area contributed by atoms with Crippen LogP contribution in [0.15, 0.2) is 212 Å². The molecule has 0 fully saturated rings. The van der Waals surface area contributed by atoms with Crippen LogP contribution < -0.4 is 19.4 Å². The molecule has 0 aliphatic heterocycles. The Balaban J connectivity index is 0.930. The van der Waals surface area contributed by atoms with Gasteiger partial charge in [0.05, 0.1) is 12.8 Å². The summed E-state index contributed by atoms with van der Waals surface area (Å²) in [5.74, 6) is 0.816. The Hall–Kier alpha value is -8.34. The van der Waals surface area contributed by atoms with Gasteiger partial charge in [-0.15, -0.1) is 0 Å². The van der Waals surface area contributed by atoms with Gasteiger partial charge in [0.1, 0.15) is 5.75 Å². The first-order valence-electron chi connectivity index (χ1n) is 23.3. The minimum atomic E-state index is 0.816. The predicted octanol–water partition coefficient (Wildman–Crippen LogP) is 18.0. The van der Waals surface area contributed by atoms with Gasteiger partial charge in [-0.05, 0) is 172 Å². The highest BCUT2D eigenvalue weighted by Crippen LogP contribution is 2.41. The van der Waals surface area contributed by atoms with E-state index in [1.54, 1.807) is 7.11 Å². The summed E-state index contributed by atoms with van der Waals surface area (Å²) in [6.07, 6.45) is 8.69. The second-order valence-electron chi connectivity index (χ2n) is 17.6. The minimum absolute atomic E-state index is 0.816. The van der Waals surface area contributed by atoms with E-state index >= 15 is 0 Å². The van der Waals surface area contributed by atoms with Crippen LogP contribution in [0.5, 0.6) is 5.75 Å². The van der Waals surface area contributed by atoms with Crippen molar-refractivity contribution < 1.29 is 4.74 Å². The first kappa shape index (κ1) is 44.8. The van der Waals surface area contributed by atoms with Crippen molar-refractivity contribution in [3.63, 3.8) is 0 Å². The molecule has 0 saturated heterocycles. The lowest BCUT2D eigenvalue weighted by Gasteiger charge is -2.27. The summed E-state index contributed by atoms with van der Waals surface area (Å²) in [4.78, 5) is 6.87. The fourth-order valence-corrected chi connectivity index (χ4v) is 8.39. The summed E-state index contributed by atoms with van der Waals surface area (Å²) in [6.45, 7) is 10.6. The first-order chi connectivity index (χ1) is 33.2. The third-order valence-corrected chi connectivity index (χ3v) is 12.3. The molecule has 68 heavy (non-hydrogen) atoms. The number of nitrogens with zero attached hydrogens (tertiary/aromatic N) is 3. The van der Waals surface area contributed by atoms with Crippen molar-refractivity contribution in [2.75, 3.05) is 21.8 Å². The van der Waals surface area contributed by atoms with Crippen molar-refractivity contribution in [1.82, 2.24) is 0 Å². The van der Waals surface area contributed by atoms with Crippen LogP contribution >= 0.6 is 0 Å². The van der Waals surface area contributed by atoms with Crippen LogP contribution in [0.4, 0.5) is 51.2 Å². The standard InChI is InChI=1S/C64H57N3O/c1-46-7-28-55(29-8-46)65(56-30-9-47(2)10-31-56)59-36-20-51(21-37-59)16-18-53-24-40-61(41-25-53)67(63-44-15-50(5)45-64(63)68-6)62-42-26-54(27-43-62)19-17-52-22-38-60(39-23-52)66(57-32-11-48(3)12-33-57)58-34-13-49(4)14-35-58/h7-45H,1-6H3/b18-16-,19-17-. The Morgan fingerprint density at radius 1 is 0.265 bits per heavy atom. The van der Waals surface area contributed by atoms with Gasteiger partial charge in [-0.25, -0.2) is 0 Å². The van der Waals surface area contributed by atoms with Gasteiger partial charge in [0.25, 0.3) is 0 Å². The normalized spacial score (nSPS) is 11.3. The average molecular weight is 884 g/mol. The molecule has 0 aromatic heterocycles. The molecule has 0 radical (unpaired) electrons. The maximum absolute atomic E-state index is 5.97. The molecule has 4 heteroatoms. The zero-order valence-corrected chi connectivity index (χ0v) is 39.8. The molecule has 0 N–H and O–H groups in total. The first-order valence-corrected chi connectivity index (χ1v) is 23.3. The van der Waals surface area contributed by atoms with Gasteiger partial charge < -0.3 is 19.4 Å². The molecule has 9 aromatic carbocycles. The van der Waals surface area contributed by atoms with Crippen LogP contribution in [0, 0.1) is 34.6 Å². The molecule has 9 rings (SSSR count). The fourth-order valence-electron chi connectivity index (χ4n) is 8.39. The van der Waals surface area contributed by atoms with E-state index in [9.17, 15) is 0 Å². The number of hydrogen-bond donors (Lipinski definition) is 0. The molecule has 334 valence electrons. The highest BCUT2D eigenvalue weighted by molar-refractivity contribution is 5.84. The summed E-state index contributed by atoms with van der Waals surface area (Å²) in [5, 5.41) is 0. The summed E-state index contributed by atoms with van der Waals surface area (Å²) in [6, 6.07) is 76.1. The Morgan fingerprint density at radius 2 is 0.485 bits per heavy atom. The molecule has 9 aromatic rings. The molecule has 4 nitrogen and oxygen atoms in total. The molecular formula is C64H57N3O. The number of hydrogen-bond acceptors (Lipinski definition) is 4. The van der Waals surface area contributed by atoms with Crippen molar-refractivity contribution >= 4 is 75.5 Å². The third kappa shape index (κ3) is 10.5. The number of rotatable bonds is 14. The summed E-state index contributed by atoms with van der Waals surface area (Å²) in [5.41, 5.74) is 20.4. The minimum Gasteiger partial charge on any atom is -0.495 e. The van der Waals surface area contributed by atoms with Gasteiger partial charge in [0.15, 0.2) is 0 Å². The van der Waals surface area contributed by atoms with E-state index in [0.717, 1.165) is 84.8 Å². The second kappa shape index (κ2) is 20.4. The number of benzene rings is 9. The van der Waals surface area contributed by atoms with Gasteiger partial charge in [0.2, 0.25) is 0 Å². The lowest BCUT2D eigenvalue weighted by molar-refractivity contribution is 0.415. The molecule has 0 saturated carbocycles. The molecule has 0 aliphatic rings. The van der Waals surface area contributed by atoms with Crippen LogP contribution in [-0.4, -0.2) is 7.11 Å². The Morgan fingerprint density at radius 3 is 0.735 bits per heavy atom. The predicted molar refractivity (Wildman–Crippen MR) is 291 cm³/mol. The monoisotopic (exact) mass is 883 g/mol. The van der Waals surface area contributed by atoms with E-state index < -0.39 is 0 Å². The van der Waals surface area contributed by atoms with Crippen LogP contribution in [0.3, 0.4) is 0 Å². The highest BCUT2D eigenvalue weighted by Gasteiger charge is 2.18.